The number of carbonyl (C=O) groups excluding carboxylic acids is 1. The van der Waals surface area contributed by atoms with Gasteiger partial charge in [-0.15, -0.1) is 0 Å². The summed E-state index contributed by atoms with van der Waals surface area (Å²) in [5.74, 6) is 0.132. The molecule has 2 aromatic rings. The molecule has 0 heterocycles. The second kappa shape index (κ2) is 7.14. The molecule has 1 N–H and O–H groups in total. The number of esters is 1. The number of hydrogen-bond donors (Lipinski definition) is 1. The van der Waals surface area contributed by atoms with E-state index in [1.54, 1.807) is 54.6 Å². The molecule has 0 unspecified atom stereocenters. The fourth-order valence-electron chi connectivity index (χ4n) is 1.76. The van der Waals surface area contributed by atoms with Crippen LogP contribution in [-0.2, 0) is 4.74 Å². The molecule has 0 spiro atoms. The first-order chi connectivity index (χ1) is 10.2. The molecular formula is C17H16O4. The molecule has 0 radical (unpaired) electrons. The van der Waals surface area contributed by atoms with Crippen molar-refractivity contribution in [1.82, 2.24) is 0 Å². The van der Waals surface area contributed by atoms with E-state index in [0.717, 1.165) is 5.56 Å². The first kappa shape index (κ1) is 14.7. The van der Waals surface area contributed by atoms with Crippen LogP contribution in [0.5, 0.6) is 11.5 Å². The minimum atomic E-state index is -0.358. The van der Waals surface area contributed by atoms with Crippen molar-refractivity contribution in [1.29, 1.82) is 0 Å². The van der Waals surface area contributed by atoms with Gasteiger partial charge in [-0.2, -0.15) is 0 Å². The summed E-state index contributed by atoms with van der Waals surface area (Å²) in [7, 11) is 1.49. The van der Waals surface area contributed by atoms with Gasteiger partial charge in [-0.05, 0) is 35.9 Å². The maximum atomic E-state index is 11.7. The van der Waals surface area contributed by atoms with Gasteiger partial charge in [0.25, 0.3) is 0 Å². The number of benzene rings is 2. The zero-order valence-electron chi connectivity index (χ0n) is 11.7. The lowest BCUT2D eigenvalue weighted by molar-refractivity contribution is 0.0550. The van der Waals surface area contributed by atoms with Crippen LogP contribution in [0.2, 0.25) is 0 Å². The number of phenolic OH excluding ortho intramolecular Hbond substituents is 1. The first-order valence-corrected chi connectivity index (χ1v) is 6.46. The standard InChI is InChI=1S/C17H16O4/c1-20-16-12-13(9-10-15(16)18)6-5-11-21-17(19)14-7-3-2-4-8-14/h2-10,12,18H,11H2,1H3. The van der Waals surface area contributed by atoms with Crippen molar-refractivity contribution < 1.29 is 19.4 Å². The molecule has 4 nitrogen and oxygen atoms in total. The molecular weight excluding hydrogens is 268 g/mol. The summed E-state index contributed by atoms with van der Waals surface area (Å²) in [6.07, 6.45) is 3.52. The van der Waals surface area contributed by atoms with Crippen molar-refractivity contribution in [3.63, 3.8) is 0 Å². The van der Waals surface area contributed by atoms with Gasteiger partial charge in [0.1, 0.15) is 6.61 Å². The van der Waals surface area contributed by atoms with E-state index in [9.17, 15) is 9.90 Å². The molecule has 108 valence electrons. The summed E-state index contributed by atoms with van der Waals surface area (Å²) in [5, 5.41) is 9.49. The molecule has 0 bridgehead atoms. The zero-order valence-corrected chi connectivity index (χ0v) is 11.7. The van der Waals surface area contributed by atoms with Crippen molar-refractivity contribution in [3.05, 3.63) is 65.7 Å². The molecule has 0 amide bonds. The molecule has 0 aliphatic carbocycles. The summed E-state index contributed by atoms with van der Waals surface area (Å²) in [6, 6.07) is 13.8. The second-order valence-corrected chi connectivity index (χ2v) is 4.30. The van der Waals surface area contributed by atoms with Gasteiger partial charge in [-0.3, -0.25) is 0 Å². The highest BCUT2D eigenvalue weighted by atomic mass is 16.5. The Balaban J connectivity index is 1.90. The maximum Gasteiger partial charge on any atom is 0.338 e. The molecule has 21 heavy (non-hydrogen) atoms. The van der Waals surface area contributed by atoms with Crippen LogP contribution >= 0.6 is 0 Å². The van der Waals surface area contributed by atoms with E-state index in [-0.39, 0.29) is 18.3 Å². The Kier molecular flexibility index (Phi) is 4.99. The van der Waals surface area contributed by atoms with Gasteiger partial charge in [0.15, 0.2) is 11.5 Å². The smallest absolute Gasteiger partial charge is 0.338 e. The van der Waals surface area contributed by atoms with Crippen LogP contribution in [0.4, 0.5) is 0 Å². The van der Waals surface area contributed by atoms with Gasteiger partial charge in [-0.1, -0.05) is 30.3 Å². The Morgan fingerprint density at radius 3 is 2.67 bits per heavy atom. The van der Waals surface area contributed by atoms with Gasteiger partial charge in [0.2, 0.25) is 0 Å². The quantitative estimate of drug-likeness (QED) is 0.856. The van der Waals surface area contributed by atoms with Crippen molar-refractivity contribution in [2.75, 3.05) is 13.7 Å². The molecule has 2 rings (SSSR count). The Morgan fingerprint density at radius 2 is 1.95 bits per heavy atom. The summed E-state index contributed by atoms with van der Waals surface area (Å²) in [5.41, 5.74) is 1.37. The Labute approximate surface area is 123 Å². The Morgan fingerprint density at radius 1 is 1.19 bits per heavy atom. The second-order valence-electron chi connectivity index (χ2n) is 4.30. The molecule has 0 saturated carbocycles. The van der Waals surface area contributed by atoms with Crippen molar-refractivity contribution >= 4 is 12.0 Å². The minimum Gasteiger partial charge on any atom is -0.504 e. The predicted molar refractivity (Wildman–Crippen MR) is 80.4 cm³/mol. The highest BCUT2D eigenvalue weighted by Crippen LogP contribution is 2.26. The number of aromatic hydroxyl groups is 1. The van der Waals surface area contributed by atoms with Crippen molar-refractivity contribution in [3.8, 4) is 11.5 Å². The first-order valence-electron chi connectivity index (χ1n) is 6.46. The van der Waals surface area contributed by atoms with E-state index >= 15 is 0 Å². The minimum absolute atomic E-state index is 0.0881. The third kappa shape index (κ3) is 4.11. The Bertz CT molecular complexity index is 632. The van der Waals surface area contributed by atoms with Crippen LogP contribution in [0, 0.1) is 0 Å². The topological polar surface area (TPSA) is 55.8 Å². The molecule has 0 atom stereocenters. The summed E-state index contributed by atoms with van der Waals surface area (Å²) >= 11 is 0. The number of ether oxygens (including phenoxy) is 2. The van der Waals surface area contributed by atoms with Crippen LogP contribution in [0.1, 0.15) is 15.9 Å². The fourth-order valence-corrected chi connectivity index (χ4v) is 1.76. The average Bonchev–Trinajstić information content (AvgIpc) is 2.53. The van der Waals surface area contributed by atoms with E-state index in [4.69, 9.17) is 9.47 Å². The monoisotopic (exact) mass is 284 g/mol. The average molecular weight is 284 g/mol. The molecule has 0 aliphatic heterocycles. The normalized spacial score (nSPS) is 10.5. The summed E-state index contributed by atoms with van der Waals surface area (Å²) < 4.78 is 10.1. The van der Waals surface area contributed by atoms with E-state index in [0.29, 0.717) is 11.3 Å². The van der Waals surface area contributed by atoms with Crippen LogP contribution in [0.25, 0.3) is 6.08 Å². The van der Waals surface area contributed by atoms with E-state index in [2.05, 4.69) is 0 Å². The van der Waals surface area contributed by atoms with Crippen LogP contribution < -0.4 is 4.74 Å². The number of methoxy groups -OCH3 is 1. The lowest BCUT2D eigenvalue weighted by atomic mass is 10.2. The van der Waals surface area contributed by atoms with Crippen LogP contribution in [0.3, 0.4) is 0 Å². The third-order valence-corrected chi connectivity index (χ3v) is 2.83. The van der Waals surface area contributed by atoms with Crippen LogP contribution in [0.15, 0.2) is 54.6 Å². The lowest BCUT2D eigenvalue weighted by Gasteiger charge is -2.04. The van der Waals surface area contributed by atoms with Crippen LogP contribution in [-0.4, -0.2) is 24.8 Å². The highest BCUT2D eigenvalue weighted by molar-refractivity contribution is 5.89. The molecule has 2 aromatic carbocycles. The zero-order chi connectivity index (χ0) is 15.1. The van der Waals surface area contributed by atoms with Gasteiger partial charge >= 0.3 is 5.97 Å². The number of rotatable bonds is 5. The van der Waals surface area contributed by atoms with Gasteiger partial charge in [-0.25, -0.2) is 4.79 Å². The molecule has 0 aliphatic rings. The fraction of sp³-hybridized carbons (Fsp3) is 0.118. The molecule has 0 fully saturated rings. The van der Waals surface area contributed by atoms with E-state index in [1.165, 1.54) is 7.11 Å². The third-order valence-electron chi connectivity index (χ3n) is 2.83. The van der Waals surface area contributed by atoms with Crippen molar-refractivity contribution in [2.24, 2.45) is 0 Å². The van der Waals surface area contributed by atoms with E-state index < -0.39 is 0 Å². The Hall–Kier alpha value is -2.75. The van der Waals surface area contributed by atoms with E-state index in [1.807, 2.05) is 6.07 Å². The number of phenols is 1. The lowest BCUT2D eigenvalue weighted by Crippen LogP contribution is -2.04. The SMILES string of the molecule is COc1cc(C=CCOC(=O)c2ccccc2)ccc1O. The van der Waals surface area contributed by atoms with Gasteiger partial charge < -0.3 is 14.6 Å². The van der Waals surface area contributed by atoms with Gasteiger partial charge in [0, 0.05) is 0 Å². The largest absolute Gasteiger partial charge is 0.504 e. The van der Waals surface area contributed by atoms with Crippen molar-refractivity contribution in [2.45, 2.75) is 0 Å². The summed E-state index contributed by atoms with van der Waals surface area (Å²) in [6.45, 7) is 0.177. The maximum absolute atomic E-state index is 11.7. The van der Waals surface area contributed by atoms with Gasteiger partial charge in [0.05, 0.1) is 12.7 Å². The molecule has 0 saturated heterocycles. The number of carbonyl (C=O) groups is 1. The molecule has 0 aromatic heterocycles. The number of hydrogen-bond acceptors (Lipinski definition) is 4. The predicted octanol–water partition coefficient (Wildman–Crippen LogP) is 3.27. The summed E-state index contributed by atoms with van der Waals surface area (Å²) in [4.78, 5) is 11.7. The highest BCUT2D eigenvalue weighted by Gasteiger charge is 2.04. The molecule has 4 heteroatoms.